The van der Waals surface area contributed by atoms with Gasteiger partial charge in [0.1, 0.15) is 0 Å². The third-order valence-electron chi connectivity index (χ3n) is 0.492. The summed E-state index contributed by atoms with van der Waals surface area (Å²) in [5, 5.41) is 0. The van der Waals surface area contributed by atoms with Gasteiger partial charge < -0.3 is 9.47 Å². The van der Waals surface area contributed by atoms with Gasteiger partial charge in [-0.3, -0.25) is 0 Å². The van der Waals surface area contributed by atoms with Gasteiger partial charge in [0.15, 0.2) is 0 Å². The molecule has 0 saturated carbocycles. The third-order valence-corrected chi connectivity index (χ3v) is 0.492. The molecule has 0 heterocycles. The molecule has 0 aliphatic rings. The molecule has 7 heavy (non-hydrogen) atoms. The first-order chi connectivity index (χ1) is 2.91. The van der Waals surface area contributed by atoms with Gasteiger partial charge in [0, 0.05) is 33.1 Å². The van der Waals surface area contributed by atoms with Gasteiger partial charge in [-0.2, -0.15) is 0 Å². The van der Waals surface area contributed by atoms with Gasteiger partial charge in [0.25, 0.3) is 0 Å². The van der Waals surface area contributed by atoms with E-state index in [0.717, 1.165) is 0 Å². The van der Waals surface area contributed by atoms with Gasteiger partial charge >= 0.3 is 0 Å². The predicted molar refractivity (Wildman–Crippen MR) is 29.5 cm³/mol. The Hall–Kier alpha value is 0.517. The Labute approximate surface area is 56.4 Å². The fraction of sp³-hybridized carbons (Fsp3) is 1.00. The van der Waals surface area contributed by atoms with Crippen molar-refractivity contribution in [2.45, 2.75) is 0 Å². The monoisotopic (exact) mass is 97.1 g/mol. The van der Waals surface area contributed by atoms with Crippen LogP contribution >= 0.6 is 0 Å². The molecular formula is C4H10LiO2. The molecule has 0 unspecified atom stereocenters. The third kappa shape index (κ3) is 10.7. The number of hydrogen-bond donors (Lipinski definition) is 0. The minimum atomic E-state index is 0. The number of hydrogen-bond acceptors (Lipinski definition) is 2. The first-order valence-electron chi connectivity index (χ1n) is 1.89. The molecule has 0 rings (SSSR count). The van der Waals surface area contributed by atoms with Crippen molar-refractivity contribution in [2.75, 3.05) is 27.4 Å². The fourth-order valence-corrected chi connectivity index (χ4v) is 0.167. The molecule has 0 aliphatic heterocycles. The van der Waals surface area contributed by atoms with E-state index in [1.54, 1.807) is 14.2 Å². The molecule has 0 bridgehead atoms. The minimum absolute atomic E-state index is 0. The van der Waals surface area contributed by atoms with Gasteiger partial charge in [0.05, 0.1) is 13.2 Å². The second kappa shape index (κ2) is 9.72. The normalized spacial score (nSPS) is 7.71. The van der Waals surface area contributed by atoms with E-state index in [4.69, 9.17) is 0 Å². The van der Waals surface area contributed by atoms with Gasteiger partial charge in [0.2, 0.25) is 0 Å². The van der Waals surface area contributed by atoms with E-state index in [0.29, 0.717) is 13.2 Å². The predicted octanol–water partition coefficient (Wildman–Crippen LogP) is -0.102. The Balaban J connectivity index is 0. The summed E-state index contributed by atoms with van der Waals surface area (Å²) < 4.78 is 9.31. The van der Waals surface area contributed by atoms with Crippen molar-refractivity contribution in [1.82, 2.24) is 0 Å². The largest absolute Gasteiger partial charge is 0.382 e. The minimum Gasteiger partial charge on any atom is -0.382 e. The van der Waals surface area contributed by atoms with Crippen LogP contribution in [0.1, 0.15) is 0 Å². The number of rotatable bonds is 3. The molecular weight excluding hydrogens is 87.0 g/mol. The van der Waals surface area contributed by atoms with Crippen LogP contribution in [-0.4, -0.2) is 46.3 Å². The Morgan fingerprint density at radius 2 is 1.29 bits per heavy atom. The smallest absolute Gasteiger partial charge is 0.0696 e. The molecule has 0 aliphatic carbocycles. The maximum atomic E-state index is 4.66. The molecule has 0 amide bonds. The molecule has 1 radical (unpaired) electrons. The van der Waals surface area contributed by atoms with E-state index in [9.17, 15) is 0 Å². The summed E-state index contributed by atoms with van der Waals surface area (Å²) in [7, 11) is 3.30. The van der Waals surface area contributed by atoms with Gasteiger partial charge in [-0.1, -0.05) is 0 Å². The Kier molecular flexibility index (Phi) is 14.6. The molecule has 0 aromatic rings. The maximum absolute atomic E-state index is 4.66. The number of ether oxygens (including phenoxy) is 2. The second-order valence-corrected chi connectivity index (χ2v) is 0.986. The Bertz CT molecular complexity index is 21.7. The van der Waals surface area contributed by atoms with Crippen LogP contribution in [0.2, 0.25) is 0 Å². The SMILES string of the molecule is COCCOC.[Li]. The molecule has 2 nitrogen and oxygen atoms in total. The van der Waals surface area contributed by atoms with Crippen molar-refractivity contribution < 1.29 is 9.47 Å². The summed E-state index contributed by atoms with van der Waals surface area (Å²) in [5.74, 6) is 0. The average molecular weight is 97.1 g/mol. The van der Waals surface area contributed by atoms with Crippen molar-refractivity contribution in [3.8, 4) is 0 Å². The van der Waals surface area contributed by atoms with Crippen LogP contribution in [0.15, 0.2) is 0 Å². The molecule has 0 fully saturated rings. The summed E-state index contributed by atoms with van der Waals surface area (Å²) in [6.45, 7) is 1.38. The fourth-order valence-electron chi connectivity index (χ4n) is 0.167. The second-order valence-electron chi connectivity index (χ2n) is 0.986. The summed E-state index contributed by atoms with van der Waals surface area (Å²) in [6, 6.07) is 0. The molecule has 3 heteroatoms. The van der Waals surface area contributed by atoms with Gasteiger partial charge in [-0.25, -0.2) is 0 Å². The zero-order chi connectivity index (χ0) is 4.83. The van der Waals surface area contributed by atoms with Gasteiger partial charge in [-0.15, -0.1) is 0 Å². The Morgan fingerprint density at radius 3 is 1.43 bits per heavy atom. The van der Waals surface area contributed by atoms with Crippen LogP contribution < -0.4 is 0 Å². The van der Waals surface area contributed by atoms with E-state index >= 15 is 0 Å². The molecule has 0 aromatic heterocycles. The van der Waals surface area contributed by atoms with Crippen molar-refractivity contribution in [1.29, 1.82) is 0 Å². The van der Waals surface area contributed by atoms with E-state index < -0.39 is 0 Å². The van der Waals surface area contributed by atoms with Crippen molar-refractivity contribution >= 4 is 18.9 Å². The van der Waals surface area contributed by atoms with E-state index in [-0.39, 0.29) is 18.9 Å². The molecule has 0 aromatic carbocycles. The molecule has 39 valence electrons. The van der Waals surface area contributed by atoms with Crippen molar-refractivity contribution in [3.05, 3.63) is 0 Å². The van der Waals surface area contributed by atoms with E-state index in [1.165, 1.54) is 0 Å². The maximum Gasteiger partial charge on any atom is 0.0696 e. The average Bonchev–Trinajstić information content (AvgIpc) is 1.61. The first kappa shape index (κ1) is 10.5. The topological polar surface area (TPSA) is 18.5 Å². The zero-order valence-corrected chi connectivity index (χ0v) is 5.23. The van der Waals surface area contributed by atoms with Crippen LogP contribution in [0.5, 0.6) is 0 Å². The van der Waals surface area contributed by atoms with Crippen LogP contribution in [0.4, 0.5) is 0 Å². The molecule has 0 spiro atoms. The first-order valence-corrected chi connectivity index (χ1v) is 1.89. The standard InChI is InChI=1S/C4H10O2.Li/c1-5-3-4-6-2;/h3-4H2,1-2H3;. The van der Waals surface area contributed by atoms with Gasteiger partial charge in [-0.05, 0) is 0 Å². The quantitative estimate of drug-likeness (QED) is 0.361. The van der Waals surface area contributed by atoms with Crippen LogP contribution in [0, 0.1) is 0 Å². The molecule has 0 atom stereocenters. The summed E-state index contributed by atoms with van der Waals surface area (Å²) in [6.07, 6.45) is 0. The van der Waals surface area contributed by atoms with E-state index in [1.807, 2.05) is 0 Å². The Morgan fingerprint density at radius 1 is 1.00 bits per heavy atom. The summed E-state index contributed by atoms with van der Waals surface area (Å²) in [4.78, 5) is 0. The van der Waals surface area contributed by atoms with Crippen molar-refractivity contribution in [2.24, 2.45) is 0 Å². The van der Waals surface area contributed by atoms with Crippen LogP contribution in [-0.2, 0) is 9.47 Å². The van der Waals surface area contributed by atoms with Crippen LogP contribution in [0.25, 0.3) is 0 Å². The van der Waals surface area contributed by atoms with E-state index in [2.05, 4.69) is 9.47 Å². The van der Waals surface area contributed by atoms with Crippen molar-refractivity contribution in [3.63, 3.8) is 0 Å². The number of methoxy groups -OCH3 is 2. The molecule has 0 saturated heterocycles. The zero-order valence-electron chi connectivity index (χ0n) is 5.23. The van der Waals surface area contributed by atoms with Crippen LogP contribution in [0.3, 0.4) is 0 Å². The summed E-state index contributed by atoms with van der Waals surface area (Å²) in [5.41, 5.74) is 0. The molecule has 0 N–H and O–H groups in total. The summed E-state index contributed by atoms with van der Waals surface area (Å²) >= 11 is 0.